The highest BCUT2D eigenvalue weighted by Crippen LogP contribution is 2.39. The first-order valence-corrected chi connectivity index (χ1v) is 16.7. The third-order valence-electron chi connectivity index (χ3n) is 8.98. The van der Waals surface area contributed by atoms with Crippen molar-refractivity contribution in [2.75, 3.05) is 4.90 Å². The summed E-state index contributed by atoms with van der Waals surface area (Å²) in [6.07, 6.45) is 3.84. The smallest absolute Gasteiger partial charge is 0.137 e. The summed E-state index contributed by atoms with van der Waals surface area (Å²) in [6.45, 7) is 13.7. The molecule has 4 aromatic carbocycles. The minimum absolute atomic E-state index is 0.00520. The van der Waals surface area contributed by atoms with E-state index in [1.807, 2.05) is 36.7 Å². The molecule has 0 aliphatic heterocycles. The summed E-state index contributed by atoms with van der Waals surface area (Å²) >= 11 is 0. The van der Waals surface area contributed by atoms with E-state index in [1.165, 1.54) is 22.1 Å². The van der Waals surface area contributed by atoms with Gasteiger partial charge in [-0.05, 0) is 87.7 Å². The van der Waals surface area contributed by atoms with E-state index in [1.54, 1.807) is 0 Å². The van der Waals surface area contributed by atoms with Gasteiger partial charge in [0.05, 0.1) is 16.9 Å². The highest BCUT2D eigenvalue weighted by atomic mass is 15.2. The quantitative estimate of drug-likeness (QED) is 0.200. The van der Waals surface area contributed by atoms with Gasteiger partial charge in [-0.15, -0.1) is 0 Å². The number of aromatic amines is 1. The molecule has 7 aromatic rings. The average molecular weight is 627 g/mol. The van der Waals surface area contributed by atoms with Crippen molar-refractivity contribution < 1.29 is 0 Å². The van der Waals surface area contributed by atoms with Gasteiger partial charge >= 0.3 is 0 Å². The van der Waals surface area contributed by atoms with Crippen molar-refractivity contribution in [2.45, 2.75) is 52.4 Å². The zero-order valence-corrected chi connectivity index (χ0v) is 28.6. The van der Waals surface area contributed by atoms with Gasteiger partial charge < -0.3 is 4.98 Å². The maximum Gasteiger partial charge on any atom is 0.137 e. The molecule has 48 heavy (non-hydrogen) atoms. The predicted octanol–water partition coefficient (Wildman–Crippen LogP) is 12.0. The van der Waals surface area contributed by atoms with Crippen LogP contribution in [0.4, 0.5) is 17.2 Å². The first-order chi connectivity index (χ1) is 23.0. The van der Waals surface area contributed by atoms with E-state index >= 15 is 0 Å². The van der Waals surface area contributed by atoms with Crippen LogP contribution in [0.15, 0.2) is 140 Å². The zero-order chi connectivity index (χ0) is 33.5. The monoisotopic (exact) mass is 626 g/mol. The van der Waals surface area contributed by atoms with E-state index in [-0.39, 0.29) is 10.8 Å². The van der Waals surface area contributed by atoms with Crippen LogP contribution in [0.5, 0.6) is 0 Å². The number of pyridine rings is 2. The van der Waals surface area contributed by atoms with Gasteiger partial charge in [-0.25, -0.2) is 9.97 Å². The highest BCUT2D eigenvalue weighted by Gasteiger charge is 2.22. The molecule has 4 nitrogen and oxygen atoms in total. The lowest BCUT2D eigenvalue weighted by molar-refractivity contribution is 0.569. The molecular weight excluding hydrogens is 585 g/mol. The molecule has 3 aromatic heterocycles. The lowest BCUT2D eigenvalue weighted by Gasteiger charge is -2.26. The van der Waals surface area contributed by atoms with Crippen LogP contribution in [0.25, 0.3) is 44.5 Å². The summed E-state index contributed by atoms with van der Waals surface area (Å²) in [4.78, 5) is 15.8. The number of H-pyrrole nitrogens is 1. The van der Waals surface area contributed by atoms with Crippen molar-refractivity contribution in [2.24, 2.45) is 0 Å². The molecule has 0 amide bonds. The standard InChI is InChI=1S/C44H42N4/c1-43(2,3)34-24-32(25-35(29-34)44(4,5)6)33-27-39(47-40(28-33)38-19-13-14-30-21-23-46-42(30)38)31-15-12-18-37(26-31)48(36-16-8-7-9-17-36)41-20-10-11-22-45-41/h7-29,46H,1-6H3. The van der Waals surface area contributed by atoms with Crippen LogP contribution < -0.4 is 4.90 Å². The van der Waals surface area contributed by atoms with Gasteiger partial charge in [0, 0.05) is 40.3 Å². The van der Waals surface area contributed by atoms with Gasteiger partial charge in [0.25, 0.3) is 0 Å². The normalized spacial score (nSPS) is 12.0. The molecule has 0 fully saturated rings. The third-order valence-corrected chi connectivity index (χ3v) is 8.98. The second-order valence-electron chi connectivity index (χ2n) is 14.6. The Bertz CT molecular complexity index is 2130. The maximum atomic E-state index is 5.36. The van der Waals surface area contributed by atoms with Gasteiger partial charge in [-0.2, -0.15) is 0 Å². The third kappa shape index (κ3) is 6.26. The molecule has 0 spiro atoms. The lowest BCUT2D eigenvalue weighted by atomic mass is 9.79. The van der Waals surface area contributed by atoms with Gasteiger partial charge in [0.1, 0.15) is 5.82 Å². The molecule has 0 unspecified atom stereocenters. The Morgan fingerprint density at radius 2 is 1.21 bits per heavy atom. The van der Waals surface area contributed by atoms with E-state index in [9.17, 15) is 0 Å². The summed E-state index contributed by atoms with van der Waals surface area (Å²) in [7, 11) is 0. The Kier molecular flexibility index (Phi) is 7.96. The van der Waals surface area contributed by atoms with Gasteiger partial charge in [0.15, 0.2) is 0 Å². The van der Waals surface area contributed by atoms with E-state index in [4.69, 9.17) is 9.97 Å². The lowest BCUT2D eigenvalue weighted by Crippen LogP contribution is -2.16. The Labute approximate surface area is 284 Å². The zero-order valence-electron chi connectivity index (χ0n) is 28.6. The number of hydrogen-bond acceptors (Lipinski definition) is 3. The van der Waals surface area contributed by atoms with Crippen LogP contribution in [0.1, 0.15) is 52.7 Å². The van der Waals surface area contributed by atoms with Crippen LogP contribution in [-0.4, -0.2) is 15.0 Å². The first kappa shape index (κ1) is 31.1. The molecule has 0 saturated carbocycles. The SMILES string of the molecule is CC(C)(C)c1cc(-c2cc(-c3cccc(N(c4ccccc4)c4ccccn4)c3)nc(-c3cccc4cc[nH]c34)c2)cc(C(C)(C)C)c1. The molecule has 0 aliphatic rings. The Hall–Kier alpha value is -5.48. The number of fused-ring (bicyclic) bond motifs is 1. The Morgan fingerprint density at radius 3 is 1.92 bits per heavy atom. The molecule has 7 rings (SSSR count). The van der Waals surface area contributed by atoms with Crippen molar-refractivity contribution in [1.82, 2.24) is 15.0 Å². The van der Waals surface area contributed by atoms with Crippen molar-refractivity contribution in [3.8, 4) is 33.6 Å². The summed E-state index contributed by atoms with van der Waals surface area (Å²) in [5, 5.41) is 1.17. The first-order valence-electron chi connectivity index (χ1n) is 16.7. The number of aromatic nitrogens is 3. The van der Waals surface area contributed by atoms with E-state index in [0.29, 0.717) is 0 Å². The topological polar surface area (TPSA) is 44.8 Å². The Balaban J connectivity index is 1.45. The van der Waals surface area contributed by atoms with Crippen molar-refractivity contribution >= 4 is 28.1 Å². The summed E-state index contributed by atoms with van der Waals surface area (Å²) in [5.74, 6) is 0.857. The molecule has 0 bridgehead atoms. The summed E-state index contributed by atoms with van der Waals surface area (Å²) < 4.78 is 0. The minimum Gasteiger partial charge on any atom is -0.361 e. The number of para-hydroxylation sites is 2. The van der Waals surface area contributed by atoms with E-state index in [2.05, 4.69) is 155 Å². The van der Waals surface area contributed by atoms with E-state index in [0.717, 1.165) is 50.8 Å². The second kappa shape index (κ2) is 12.3. The molecule has 0 saturated heterocycles. The number of anilines is 3. The van der Waals surface area contributed by atoms with Gasteiger partial charge in [-0.1, -0.05) is 114 Å². The molecule has 238 valence electrons. The number of rotatable bonds is 6. The van der Waals surface area contributed by atoms with Crippen LogP contribution in [0.3, 0.4) is 0 Å². The van der Waals surface area contributed by atoms with Crippen molar-refractivity contribution in [3.63, 3.8) is 0 Å². The van der Waals surface area contributed by atoms with Crippen LogP contribution in [0.2, 0.25) is 0 Å². The van der Waals surface area contributed by atoms with Crippen LogP contribution >= 0.6 is 0 Å². The largest absolute Gasteiger partial charge is 0.361 e. The second-order valence-corrected chi connectivity index (χ2v) is 14.6. The van der Waals surface area contributed by atoms with Crippen LogP contribution in [0, 0.1) is 0 Å². The number of hydrogen-bond donors (Lipinski definition) is 1. The van der Waals surface area contributed by atoms with Gasteiger partial charge in [-0.3, -0.25) is 4.90 Å². The molecule has 1 N–H and O–H groups in total. The molecule has 4 heteroatoms. The number of benzene rings is 4. The van der Waals surface area contributed by atoms with Crippen LogP contribution in [-0.2, 0) is 10.8 Å². The Morgan fingerprint density at radius 1 is 0.542 bits per heavy atom. The summed E-state index contributed by atoms with van der Waals surface area (Å²) in [5.41, 5.74) is 12.1. The molecule has 3 heterocycles. The molecular formula is C44H42N4. The molecule has 0 radical (unpaired) electrons. The van der Waals surface area contributed by atoms with E-state index < -0.39 is 0 Å². The fourth-order valence-corrected chi connectivity index (χ4v) is 6.22. The number of nitrogens with zero attached hydrogens (tertiary/aromatic N) is 3. The number of nitrogens with one attached hydrogen (secondary N) is 1. The van der Waals surface area contributed by atoms with Crippen molar-refractivity contribution in [1.29, 1.82) is 0 Å². The highest BCUT2D eigenvalue weighted by molar-refractivity contribution is 5.94. The van der Waals surface area contributed by atoms with Gasteiger partial charge in [0.2, 0.25) is 0 Å². The average Bonchev–Trinajstić information content (AvgIpc) is 3.58. The summed E-state index contributed by atoms with van der Waals surface area (Å²) in [6, 6.07) is 45.2. The van der Waals surface area contributed by atoms with Crippen molar-refractivity contribution in [3.05, 3.63) is 151 Å². The fourth-order valence-electron chi connectivity index (χ4n) is 6.22. The molecule has 0 atom stereocenters. The predicted molar refractivity (Wildman–Crippen MR) is 202 cm³/mol. The maximum absolute atomic E-state index is 5.36. The minimum atomic E-state index is 0.00520. The fraction of sp³-hybridized carbons (Fsp3) is 0.182. The molecule has 0 aliphatic carbocycles.